The summed E-state index contributed by atoms with van der Waals surface area (Å²) in [6.45, 7) is 1.48. The molecular weight excluding hydrogens is 180 g/mol. The molecule has 0 aliphatic rings. The third-order valence-corrected chi connectivity index (χ3v) is 1.58. The highest BCUT2D eigenvalue weighted by atomic mass is 32.1. The van der Waals surface area contributed by atoms with Crippen LogP contribution in [0.5, 0.6) is 0 Å². The van der Waals surface area contributed by atoms with Crippen molar-refractivity contribution in [3.8, 4) is 0 Å². The van der Waals surface area contributed by atoms with Crippen LogP contribution in [0.25, 0.3) is 0 Å². The quantitative estimate of drug-likeness (QED) is 0.375. The zero-order valence-corrected chi connectivity index (χ0v) is 7.60. The van der Waals surface area contributed by atoms with Crippen molar-refractivity contribution in [1.82, 2.24) is 10.6 Å². The predicted octanol–water partition coefficient (Wildman–Crippen LogP) is 0.0361. The summed E-state index contributed by atoms with van der Waals surface area (Å²) in [7, 11) is 0. The molecule has 0 heterocycles. The molecule has 1 atom stereocenters. The van der Waals surface area contributed by atoms with Gasteiger partial charge in [-0.05, 0) is 6.42 Å². The summed E-state index contributed by atoms with van der Waals surface area (Å²) >= 11 is 3.99. The van der Waals surface area contributed by atoms with Gasteiger partial charge in [-0.25, -0.2) is 4.79 Å². The molecule has 0 rings (SSSR count). The predicted molar refractivity (Wildman–Crippen MR) is 47.2 cm³/mol. The van der Waals surface area contributed by atoms with Crippen LogP contribution in [-0.2, 0) is 4.79 Å². The molecule has 0 radical (unpaired) electrons. The number of aliphatic carboxylic acids is 1. The molecule has 12 heavy (non-hydrogen) atoms. The van der Waals surface area contributed by atoms with Gasteiger partial charge in [-0.3, -0.25) is 4.79 Å². The molecule has 0 aliphatic carbocycles. The van der Waals surface area contributed by atoms with E-state index in [4.69, 9.17) is 5.11 Å². The van der Waals surface area contributed by atoms with Crippen LogP contribution >= 0.6 is 12.6 Å². The molecule has 0 fully saturated rings. The number of amides is 2. The lowest BCUT2D eigenvalue weighted by Crippen LogP contribution is -2.41. The van der Waals surface area contributed by atoms with Crippen molar-refractivity contribution in [3.05, 3.63) is 0 Å². The average molecular weight is 192 g/mol. The number of hydrogen-bond donors (Lipinski definition) is 4. The summed E-state index contributed by atoms with van der Waals surface area (Å²) in [5, 5.41) is 12.5. The van der Waals surface area contributed by atoms with Gasteiger partial charge in [0.25, 0.3) is 0 Å². The number of rotatable bonds is 4. The minimum absolute atomic E-state index is 0.237. The summed E-state index contributed by atoms with van der Waals surface area (Å²) in [5.74, 6) is -1.07. The van der Waals surface area contributed by atoms with Crippen LogP contribution in [-0.4, -0.2) is 29.0 Å². The highest BCUT2D eigenvalue weighted by Gasteiger charge is 2.05. The monoisotopic (exact) mass is 192 g/mol. The highest BCUT2D eigenvalue weighted by molar-refractivity contribution is 7.80. The molecule has 0 saturated heterocycles. The fraction of sp³-hybridized carbons (Fsp3) is 0.667. The van der Waals surface area contributed by atoms with Gasteiger partial charge in [-0.15, -0.1) is 0 Å². The Morgan fingerprint density at radius 2 is 2.17 bits per heavy atom. The number of urea groups is 1. The molecule has 0 aromatic carbocycles. The molecule has 0 aromatic rings. The second-order valence-corrected chi connectivity index (χ2v) is 2.77. The molecule has 0 saturated carbocycles. The van der Waals surface area contributed by atoms with Crippen molar-refractivity contribution in [2.75, 3.05) is 6.54 Å². The van der Waals surface area contributed by atoms with Crippen LogP contribution in [0.2, 0.25) is 0 Å². The molecule has 0 bridgehead atoms. The number of carbonyl (C=O) groups excluding carboxylic acids is 1. The molecule has 6 heteroatoms. The van der Waals surface area contributed by atoms with Crippen molar-refractivity contribution in [2.24, 2.45) is 0 Å². The first-order valence-electron chi connectivity index (χ1n) is 3.50. The first-order valence-corrected chi connectivity index (χ1v) is 4.02. The molecule has 0 spiro atoms. The van der Waals surface area contributed by atoms with Gasteiger partial charge in [0.15, 0.2) is 0 Å². The SMILES string of the molecule is CCC(S)NC(=O)NCC(=O)O. The maximum Gasteiger partial charge on any atom is 0.323 e. The van der Waals surface area contributed by atoms with Crippen molar-refractivity contribution in [3.63, 3.8) is 0 Å². The molecule has 0 aromatic heterocycles. The number of carbonyl (C=O) groups is 2. The largest absolute Gasteiger partial charge is 0.480 e. The van der Waals surface area contributed by atoms with Crippen LogP contribution in [0.1, 0.15) is 13.3 Å². The van der Waals surface area contributed by atoms with E-state index >= 15 is 0 Å². The van der Waals surface area contributed by atoms with Gasteiger partial charge in [0.05, 0.1) is 5.37 Å². The van der Waals surface area contributed by atoms with Crippen LogP contribution in [0.3, 0.4) is 0 Å². The second-order valence-electron chi connectivity index (χ2n) is 2.14. The van der Waals surface area contributed by atoms with E-state index in [9.17, 15) is 9.59 Å². The Morgan fingerprint density at radius 1 is 1.58 bits per heavy atom. The Labute approximate surface area is 75.9 Å². The lowest BCUT2D eigenvalue weighted by molar-refractivity contribution is -0.135. The molecule has 5 nitrogen and oxygen atoms in total. The van der Waals surface area contributed by atoms with Crippen LogP contribution in [0.15, 0.2) is 0 Å². The number of nitrogens with one attached hydrogen (secondary N) is 2. The smallest absolute Gasteiger partial charge is 0.323 e. The molecule has 1 unspecified atom stereocenters. The summed E-state index contributed by atoms with van der Waals surface area (Å²) in [5.41, 5.74) is 0. The molecule has 2 amide bonds. The lowest BCUT2D eigenvalue weighted by Gasteiger charge is -2.10. The minimum Gasteiger partial charge on any atom is -0.480 e. The van der Waals surface area contributed by atoms with Gasteiger partial charge in [0.1, 0.15) is 6.54 Å². The van der Waals surface area contributed by atoms with Gasteiger partial charge in [0, 0.05) is 0 Å². The highest BCUT2D eigenvalue weighted by Crippen LogP contribution is 1.93. The molecular formula is C6H12N2O3S. The van der Waals surface area contributed by atoms with Crippen molar-refractivity contribution in [1.29, 1.82) is 0 Å². The van der Waals surface area contributed by atoms with Gasteiger partial charge < -0.3 is 15.7 Å². The van der Waals surface area contributed by atoms with Crippen LogP contribution in [0.4, 0.5) is 4.79 Å². The van der Waals surface area contributed by atoms with E-state index in [1.54, 1.807) is 0 Å². The number of carboxylic acids is 1. The minimum atomic E-state index is -1.07. The van der Waals surface area contributed by atoms with Crippen LogP contribution in [0, 0.1) is 0 Å². The van der Waals surface area contributed by atoms with Crippen molar-refractivity contribution < 1.29 is 14.7 Å². The summed E-state index contributed by atoms with van der Waals surface area (Å²) < 4.78 is 0. The van der Waals surface area contributed by atoms with E-state index in [2.05, 4.69) is 23.3 Å². The van der Waals surface area contributed by atoms with Gasteiger partial charge in [-0.1, -0.05) is 6.92 Å². The van der Waals surface area contributed by atoms with E-state index in [1.165, 1.54) is 0 Å². The fourth-order valence-corrected chi connectivity index (χ4v) is 0.578. The van der Waals surface area contributed by atoms with Gasteiger partial charge in [0.2, 0.25) is 0 Å². The summed E-state index contributed by atoms with van der Waals surface area (Å²) in [6, 6.07) is -0.515. The number of carboxylic acid groups (broad SMARTS) is 1. The van der Waals surface area contributed by atoms with E-state index in [-0.39, 0.29) is 11.9 Å². The first kappa shape index (κ1) is 11.1. The Bertz CT molecular complexity index is 174. The third kappa shape index (κ3) is 5.84. The topological polar surface area (TPSA) is 78.4 Å². The summed E-state index contributed by atoms with van der Waals surface area (Å²) in [6.07, 6.45) is 0.684. The lowest BCUT2D eigenvalue weighted by atomic mass is 10.5. The van der Waals surface area contributed by atoms with E-state index in [1.807, 2.05) is 6.92 Å². The van der Waals surface area contributed by atoms with E-state index < -0.39 is 12.0 Å². The maximum atomic E-state index is 10.8. The van der Waals surface area contributed by atoms with Crippen molar-refractivity contribution >= 4 is 24.6 Å². The van der Waals surface area contributed by atoms with Crippen molar-refractivity contribution in [2.45, 2.75) is 18.7 Å². The Hall–Kier alpha value is -0.910. The normalized spacial score (nSPS) is 11.8. The zero-order valence-electron chi connectivity index (χ0n) is 6.70. The van der Waals surface area contributed by atoms with Gasteiger partial charge >= 0.3 is 12.0 Å². The Balaban J connectivity index is 3.53. The van der Waals surface area contributed by atoms with Gasteiger partial charge in [-0.2, -0.15) is 12.6 Å². The number of hydrogen-bond acceptors (Lipinski definition) is 3. The standard InChI is InChI=1S/C6H12N2O3S/c1-2-4(12)8-6(11)7-3-5(9)10/h4,12H,2-3H2,1H3,(H,9,10)(H2,7,8,11). The van der Waals surface area contributed by atoms with Crippen LogP contribution < -0.4 is 10.6 Å². The van der Waals surface area contributed by atoms with E-state index in [0.29, 0.717) is 6.42 Å². The fourth-order valence-electron chi connectivity index (χ4n) is 0.460. The molecule has 70 valence electrons. The maximum absolute atomic E-state index is 10.8. The Kier molecular flexibility index (Phi) is 5.27. The average Bonchev–Trinajstić information content (AvgIpc) is 2.00. The van der Waals surface area contributed by atoms with E-state index in [0.717, 1.165) is 0 Å². The second kappa shape index (κ2) is 5.70. The zero-order chi connectivity index (χ0) is 9.56. The Morgan fingerprint density at radius 3 is 2.58 bits per heavy atom. The molecule has 0 aliphatic heterocycles. The first-order chi connectivity index (χ1) is 5.56. The third-order valence-electron chi connectivity index (χ3n) is 1.08. The summed E-state index contributed by atoms with van der Waals surface area (Å²) in [4.78, 5) is 20.8. The number of thiol groups is 1. The molecule has 3 N–H and O–H groups in total.